The zero-order chi connectivity index (χ0) is 21.4. The summed E-state index contributed by atoms with van der Waals surface area (Å²) in [4.78, 5) is 31.9. The molecule has 1 aromatic carbocycles. The quantitative estimate of drug-likeness (QED) is 0.608. The highest BCUT2D eigenvalue weighted by Crippen LogP contribution is 2.33. The predicted octanol–water partition coefficient (Wildman–Crippen LogP) is 4.12. The van der Waals surface area contributed by atoms with Crippen LogP contribution in [0.3, 0.4) is 0 Å². The van der Waals surface area contributed by atoms with Crippen LogP contribution in [0.4, 0.5) is 9.18 Å². The minimum Gasteiger partial charge on any atom is -0.361 e. The Morgan fingerprint density at radius 3 is 2.71 bits per heavy atom. The molecule has 6 nitrogen and oxygen atoms in total. The molecular formula is C24H27FN4O2. The molecule has 0 aliphatic carbocycles. The van der Waals surface area contributed by atoms with E-state index >= 15 is 0 Å². The number of aromatic amines is 1. The second-order valence-electron chi connectivity index (χ2n) is 8.63. The first-order chi connectivity index (χ1) is 15.1. The van der Waals surface area contributed by atoms with Crippen molar-refractivity contribution >= 4 is 22.8 Å². The molecule has 1 fully saturated rings. The number of carbonyl (C=O) groups is 2. The molecule has 0 bridgehead atoms. The number of amides is 2. The number of halogens is 1. The summed E-state index contributed by atoms with van der Waals surface area (Å²) in [6, 6.07) is 8.33. The maximum atomic E-state index is 13.7. The molecule has 1 saturated heterocycles. The zero-order valence-electron chi connectivity index (χ0n) is 17.5. The summed E-state index contributed by atoms with van der Waals surface area (Å²) >= 11 is 0. The van der Waals surface area contributed by atoms with Gasteiger partial charge in [0.05, 0.1) is 6.42 Å². The van der Waals surface area contributed by atoms with Gasteiger partial charge in [-0.05, 0) is 87.1 Å². The number of nitrogens with zero attached hydrogens (tertiary/aromatic N) is 3. The van der Waals surface area contributed by atoms with Crippen LogP contribution in [-0.4, -0.2) is 57.5 Å². The summed E-state index contributed by atoms with van der Waals surface area (Å²) in [5.74, 6) is 0.155. The molecule has 0 saturated carbocycles. The Hall–Kier alpha value is -2.93. The van der Waals surface area contributed by atoms with E-state index in [2.05, 4.69) is 9.88 Å². The van der Waals surface area contributed by atoms with Crippen molar-refractivity contribution in [2.24, 2.45) is 0 Å². The van der Waals surface area contributed by atoms with E-state index in [0.29, 0.717) is 18.9 Å². The normalized spacial score (nSPS) is 18.2. The predicted molar refractivity (Wildman–Crippen MR) is 117 cm³/mol. The molecule has 5 rings (SSSR count). The molecule has 0 unspecified atom stereocenters. The fourth-order valence-corrected chi connectivity index (χ4v) is 4.98. The van der Waals surface area contributed by atoms with Crippen molar-refractivity contribution < 1.29 is 14.0 Å². The van der Waals surface area contributed by atoms with Crippen LogP contribution >= 0.6 is 0 Å². The largest absolute Gasteiger partial charge is 0.361 e. The number of unbranched alkanes of at least 4 members (excludes halogenated alkanes) is 1. The van der Waals surface area contributed by atoms with Crippen LogP contribution in [0, 0.1) is 5.82 Å². The van der Waals surface area contributed by atoms with Crippen molar-refractivity contribution in [1.82, 2.24) is 19.4 Å². The molecule has 4 heterocycles. The molecule has 162 valence electrons. The van der Waals surface area contributed by atoms with E-state index in [0.717, 1.165) is 61.9 Å². The molecule has 0 spiro atoms. The van der Waals surface area contributed by atoms with Crippen molar-refractivity contribution in [2.45, 2.75) is 38.0 Å². The number of benzene rings is 1. The molecule has 7 heteroatoms. The molecule has 3 aromatic rings. The minimum atomic E-state index is -0.229. The Morgan fingerprint density at radius 1 is 1.06 bits per heavy atom. The Labute approximate surface area is 180 Å². The summed E-state index contributed by atoms with van der Waals surface area (Å²) < 4.78 is 15.2. The average molecular weight is 423 g/mol. The van der Waals surface area contributed by atoms with Crippen molar-refractivity contribution in [3.05, 3.63) is 59.8 Å². The summed E-state index contributed by atoms with van der Waals surface area (Å²) in [7, 11) is 0. The molecule has 2 amide bonds. The first-order valence-corrected chi connectivity index (χ1v) is 11.1. The van der Waals surface area contributed by atoms with Crippen LogP contribution in [0.5, 0.6) is 0 Å². The number of H-pyrrole nitrogens is 1. The molecule has 0 radical (unpaired) electrons. The first kappa shape index (κ1) is 20.0. The van der Waals surface area contributed by atoms with Crippen molar-refractivity contribution in [1.29, 1.82) is 0 Å². The van der Waals surface area contributed by atoms with Crippen molar-refractivity contribution in [3.8, 4) is 0 Å². The molecule has 2 aromatic heterocycles. The highest BCUT2D eigenvalue weighted by molar-refractivity contribution is 5.99. The number of imide groups is 1. The van der Waals surface area contributed by atoms with Crippen molar-refractivity contribution in [3.63, 3.8) is 0 Å². The summed E-state index contributed by atoms with van der Waals surface area (Å²) in [6.07, 6.45) is 7.95. The molecule has 31 heavy (non-hydrogen) atoms. The number of hydrogen-bond acceptors (Lipinski definition) is 3. The van der Waals surface area contributed by atoms with Crippen LogP contribution < -0.4 is 0 Å². The van der Waals surface area contributed by atoms with Gasteiger partial charge >= 0.3 is 6.03 Å². The number of nitrogens with one attached hydrogen (secondary N) is 1. The summed E-state index contributed by atoms with van der Waals surface area (Å²) in [5, 5.41) is 1.00. The van der Waals surface area contributed by atoms with Gasteiger partial charge in [-0.25, -0.2) is 9.18 Å². The fourth-order valence-electron chi connectivity index (χ4n) is 4.98. The average Bonchev–Trinajstić information content (AvgIpc) is 3.40. The number of piperidine rings is 1. The standard InChI is InChI=1S/C24H27FN4O2/c25-18-5-6-22-20(14-18)21(16-26-22)17-7-12-27(13-8-17)9-1-2-10-29-23(30)15-19-4-3-11-28(19)24(29)31/h3-6,11,14,16-17,26H,1-2,7-10,12-13,15H2. The number of fused-ring (bicyclic) bond motifs is 2. The maximum Gasteiger partial charge on any atom is 0.335 e. The van der Waals surface area contributed by atoms with Crippen LogP contribution in [0.2, 0.25) is 0 Å². The zero-order valence-corrected chi connectivity index (χ0v) is 17.5. The summed E-state index contributed by atoms with van der Waals surface area (Å²) in [6.45, 7) is 3.48. The van der Waals surface area contributed by atoms with E-state index in [9.17, 15) is 14.0 Å². The number of hydrogen-bond donors (Lipinski definition) is 1. The van der Waals surface area contributed by atoms with Gasteiger partial charge in [0.1, 0.15) is 5.82 Å². The van der Waals surface area contributed by atoms with Crippen LogP contribution in [0.1, 0.15) is 42.9 Å². The second kappa shape index (κ2) is 8.30. The first-order valence-electron chi connectivity index (χ1n) is 11.1. The number of likely N-dealkylation sites (tertiary alicyclic amines) is 1. The SMILES string of the molecule is O=C1Cc2cccn2C(=O)N1CCCCN1CCC(c2c[nH]c3ccc(F)cc23)CC1. The molecular weight excluding hydrogens is 395 g/mol. The second-order valence-corrected chi connectivity index (χ2v) is 8.63. The van der Waals surface area contributed by atoms with Gasteiger partial charge in [0.25, 0.3) is 0 Å². The lowest BCUT2D eigenvalue weighted by Gasteiger charge is -2.32. The fraction of sp³-hybridized carbons (Fsp3) is 0.417. The lowest BCUT2D eigenvalue weighted by molar-refractivity contribution is -0.128. The number of aromatic nitrogens is 2. The molecule has 2 aliphatic heterocycles. The third-order valence-corrected chi connectivity index (χ3v) is 6.71. The third kappa shape index (κ3) is 3.90. The van der Waals surface area contributed by atoms with Gasteiger partial charge < -0.3 is 9.88 Å². The monoisotopic (exact) mass is 422 g/mol. The van der Waals surface area contributed by atoms with Crippen LogP contribution in [0.15, 0.2) is 42.7 Å². The van der Waals surface area contributed by atoms with E-state index in [1.807, 2.05) is 12.3 Å². The minimum absolute atomic E-state index is 0.104. The van der Waals surface area contributed by atoms with Crippen LogP contribution in [-0.2, 0) is 11.2 Å². The highest BCUT2D eigenvalue weighted by Gasteiger charge is 2.29. The Balaban J connectivity index is 1.09. The van der Waals surface area contributed by atoms with Crippen molar-refractivity contribution in [2.75, 3.05) is 26.2 Å². The van der Waals surface area contributed by atoms with Gasteiger partial charge in [0, 0.05) is 35.5 Å². The van der Waals surface area contributed by atoms with Gasteiger partial charge in [-0.15, -0.1) is 0 Å². The number of carbonyl (C=O) groups excluding carboxylic acids is 2. The lowest BCUT2D eigenvalue weighted by atomic mass is 9.89. The van der Waals surface area contributed by atoms with Gasteiger partial charge in [-0.2, -0.15) is 0 Å². The van der Waals surface area contributed by atoms with Crippen LogP contribution in [0.25, 0.3) is 10.9 Å². The van der Waals surface area contributed by atoms with E-state index in [4.69, 9.17) is 0 Å². The van der Waals surface area contributed by atoms with E-state index < -0.39 is 0 Å². The topological polar surface area (TPSA) is 61.3 Å². The molecule has 0 atom stereocenters. The lowest BCUT2D eigenvalue weighted by Crippen LogP contribution is -2.45. The van der Waals surface area contributed by atoms with Gasteiger partial charge in [-0.3, -0.25) is 14.3 Å². The highest BCUT2D eigenvalue weighted by atomic mass is 19.1. The smallest absolute Gasteiger partial charge is 0.335 e. The Kier molecular flexibility index (Phi) is 5.36. The molecule has 2 aliphatic rings. The third-order valence-electron chi connectivity index (χ3n) is 6.71. The molecule has 1 N–H and O–H groups in total. The van der Waals surface area contributed by atoms with E-state index in [1.165, 1.54) is 16.5 Å². The Bertz CT molecular complexity index is 1110. The van der Waals surface area contributed by atoms with Gasteiger partial charge in [-0.1, -0.05) is 0 Å². The maximum absolute atomic E-state index is 13.7. The summed E-state index contributed by atoms with van der Waals surface area (Å²) in [5.41, 5.74) is 2.99. The van der Waals surface area contributed by atoms with Gasteiger partial charge in [0.15, 0.2) is 0 Å². The van der Waals surface area contributed by atoms with E-state index in [1.54, 1.807) is 29.0 Å². The Morgan fingerprint density at radius 2 is 1.87 bits per heavy atom. The number of rotatable bonds is 6. The van der Waals surface area contributed by atoms with Gasteiger partial charge in [0.2, 0.25) is 5.91 Å². The van der Waals surface area contributed by atoms with E-state index in [-0.39, 0.29) is 17.8 Å².